The van der Waals surface area contributed by atoms with Crippen LogP contribution in [0.2, 0.25) is 0 Å². The number of nitrogen functional groups attached to an aromatic ring is 2. The number of nitrogens with one attached hydrogen (secondary N) is 2. The van der Waals surface area contributed by atoms with E-state index in [1.54, 1.807) is 0 Å². The van der Waals surface area contributed by atoms with E-state index in [9.17, 15) is 5.11 Å². The maximum atomic E-state index is 9.90. The average molecular weight is 1980 g/mol. The summed E-state index contributed by atoms with van der Waals surface area (Å²) >= 11 is 0. The molecule has 7 N–H and O–H groups in total. The molecule has 0 atom stereocenters. The summed E-state index contributed by atoms with van der Waals surface area (Å²) in [5.41, 5.74) is 38.8. The van der Waals surface area contributed by atoms with Crippen LogP contribution in [0.3, 0.4) is 0 Å². The molecule has 0 unspecified atom stereocenters. The Labute approximate surface area is 869 Å². The standard InChI is InChI=1S/C20H23NO.C19H21NO.C18H19NO.C17H21N5O.C17H20N2O2.C15H18N2O.C13H17NO.6CH4/c1-14(2)17-10-19-18(15(3)12-21(19)4)11-20(17)22-13-16-8-6-5-7-9-16;1-13(2)16-9-18-17(14(3)11-20-18)10-19(16)21-12-15-7-5-4-6-8-15;1-13(2)16-11-17-15(8-9-19-17)10-18(16)20-12-14-6-4-3-5-7-14;1-9(2)11-5-13-12(10(3)8-22(13)4)6-14(11)23-15-7-20-17(19)21-16(15)18;1-11(2)14-6-16-15(12(3)9-19(16)4)7-17(14)21-13(8-18)10-20-5;1-10(2)12-7-14-13(11(3)9-17(14)4)8-15(12)18-6-5-16;1-8(2)10-5-12-11(6-13(10)15)9(3)7-14(12)4;;;;;;/h5-12,14H,13H2,1-4H3;4-11,13,20H,12H2,1-3H3;3-11,13,19H,12H2,1-2H3;5-9H,1-4H3,(H4,18,19,20,21);6-7,9-11H,1-5H3;7-10H,6H2,1-4H3;5-8,15H,1-4H3;6*1H4/b;;;;13-10+;;;;;;;;. The van der Waals surface area contributed by atoms with Gasteiger partial charge in [-0.15, -0.1) is 0 Å². The molecule has 776 valence electrons. The molecule has 0 amide bonds. The fraction of sp³-hybridized carbons (Fsp3) is 0.344. The number of H-pyrrole nitrogens is 2. The van der Waals surface area contributed by atoms with Crippen LogP contribution in [-0.2, 0) is 59.8 Å². The van der Waals surface area contributed by atoms with E-state index in [1.807, 2.05) is 106 Å². The third kappa shape index (κ3) is 29.1. The number of aryl methyl sites for hydroxylation is 11. The Balaban J connectivity index is 0.000000259. The monoisotopic (exact) mass is 1970 g/mol. The van der Waals surface area contributed by atoms with Gasteiger partial charge in [0.05, 0.1) is 13.3 Å². The zero-order valence-electron chi connectivity index (χ0n) is 86.4. The molecular weight excluding hydrogens is 1810 g/mol. The Bertz CT molecular complexity index is 7430. The van der Waals surface area contributed by atoms with Crippen molar-refractivity contribution >= 4 is 88.1 Å². The molecule has 0 radical (unpaired) electrons. The number of nitrogens with zero attached hydrogens (tertiary/aromatic N) is 9. The van der Waals surface area contributed by atoms with Crippen LogP contribution in [0.15, 0.2) is 244 Å². The van der Waals surface area contributed by atoms with E-state index in [0.29, 0.717) is 78.5 Å². The van der Waals surface area contributed by atoms with E-state index in [2.05, 4.69) is 348 Å². The van der Waals surface area contributed by atoms with Crippen LogP contribution in [-0.4, -0.2) is 61.6 Å². The normalized spacial score (nSPS) is 10.9. The highest BCUT2D eigenvalue weighted by molar-refractivity contribution is 5.91. The molecule has 0 aliphatic carbocycles. The topological polar surface area (TPSA) is 266 Å². The van der Waals surface area contributed by atoms with Crippen LogP contribution in [0.1, 0.15) is 272 Å². The van der Waals surface area contributed by atoms with Gasteiger partial charge in [-0.25, -0.2) is 4.98 Å². The Morgan fingerprint density at radius 1 is 0.384 bits per heavy atom. The first kappa shape index (κ1) is 119. The Kier molecular flexibility index (Phi) is 44.1. The molecule has 0 saturated heterocycles. The largest absolute Gasteiger partial charge is 0.508 e. The number of allylic oxidation sites excluding steroid dienone is 1. The smallest absolute Gasteiger partial charge is 0.238 e. The highest BCUT2D eigenvalue weighted by Gasteiger charge is 2.23. The Hall–Kier alpha value is -15.2. The molecule has 21 heteroatoms. The number of benzene rings is 10. The van der Waals surface area contributed by atoms with Gasteiger partial charge in [-0.3, -0.25) is 0 Å². The fourth-order valence-corrected chi connectivity index (χ4v) is 17.6. The van der Waals surface area contributed by atoms with Gasteiger partial charge in [0.25, 0.3) is 0 Å². The van der Waals surface area contributed by atoms with E-state index in [4.69, 9.17) is 55.1 Å². The molecule has 18 aromatic rings. The fourth-order valence-electron chi connectivity index (χ4n) is 17.6. The van der Waals surface area contributed by atoms with Gasteiger partial charge in [-0.2, -0.15) is 15.5 Å². The first-order chi connectivity index (χ1) is 66.8. The number of aromatic hydroxyl groups is 1. The second-order valence-electron chi connectivity index (χ2n) is 38.4. The number of rotatable bonds is 23. The quantitative estimate of drug-likeness (QED) is 0.0295. The number of nitrogens with two attached hydrogens (primary N) is 2. The van der Waals surface area contributed by atoms with Crippen molar-refractivity contribution in [1.82, 2.24) is 42.8 Å². The first-order valence-electron chi connectivity index (χ1n) is 48.1. The van der Waals surface area contributed by atoms with Crippen LogP contribution >= 0.6 is 0 Å². The molecule has 18 rings (SSSR count). The van der Waals surface area contributed by atoms with Crippen molar-refractivity contribution in [1.29, 1.82) is 10.5 Å². The lowest BCUT2D eigenvalue weighted by Crippen LogP contribution is -2.02. The highest BCUT2D eigenvalue weighted by Crippen LogP contribution is 2.43. The lowest BCUT2D eigenvalue weighted by atomic mass is 10.00. The van der Waals surface area contributed by atoms with Crippen LogP contribution in [0.5, 0.6) is 46.0 Å². The van der Waals surface area contributed by atoms with Gasteiger partial charge in [0.1, 0.15) is 78.5 Å². The van der Waals surface area contributed by atoms with E-state index < -0.39 is 0 Å². The van der Waals surface area contributed by atoms with Gasteiger partial charge < -0.3 is 82.5 Å². The molecule has 0 aliphatic rings. The van der Waals surface area contributed by atoms with Gasteiger partial charge in [-0.05, 0) is 263 Å². The molecule has 0 bridgehead atoms. The van der Waals surface area contributed by atoms with Gasteiger partial charge in [0.15, 0.2) is 18.2 Å². The Morgan fingerprint density at radius 2 is 0.712 bits per heavy atom. The predicted octanol–water partition coefficient (Wildman–Crippen LogP) is 33.2. The van der Waals surface area contributed by atoms with Gasteiger partial charge in [0.2, 0.25) is 11.7 Å². The minimum atomic E-state index is 0. The summed E-state index contributed by atoms with van der Waals surface area (Å²) in [6.07, 6.45) is 17.4. The molecule has 10 aromatic carbocycles. The number of methoxy groups -OCH3 is 1. The molecule has 0 fully saturated rings. The summed E-state index contributed by atoms with van der Waals surface area (Å²) in [5.74, 6) is 9.24. The summed E-state index contributed by atoms with van der Waals surface area (Å²) in [5, 5.41) is 36.0. The number of anilines is 2. The van der Waals surface area contributed by atoms with Crippen molar-refractivity contribution in [2.24, 2.45) is 35.2 Å². The Morgan fingerprint density at radius 3 is 1.08 bits per heavy atom. The number of nitriles is 2. The maximum absolute atomic E-state index is 9.90. The van der Waals surface area contributed by atoms with Crippen LogP contribution in [0.4, 0.5) is 11.8 Å². The SMILES string of the molecule is C.C.C.C.C.C.CC(C)c1cc2[nH]ccc2cc1OCc1ccccc1.CO/C=C(\C#N)Oc1cc2c(C)cn(C)c2cc1C(C)C.Cc1c[nH]c2cc(C(C)C)c(OCc3ccccc3)cc12.Cc1cn(C)c2cc(C(C)C)c(O)cc12.Cc1cn(C)c2cc(C(C)C)c(OCC#N)cc12.Cc1cn(C)c2cc(C(C)C)c(OCc3ccccc3)cc12.Cc1cn(C)c2cc(C(C)C)c(Oc3cnc(N)nc3N)cc12. The van der Waals surface area contributed by atoms with Crippen molar-refractivity contribution in [2.75, 3.05) is 25.2 Å². The molecule has 0 spiro atoms. The van der Waals surface area contributed by atoms with Gasteiger partial charge in [0, 0.05) is 155 Å². The summed E-state index contributed by atoms with van der Waals surface area (Å²) in [4.78, 5) is 14.5. The molecule has 0 saturated carbocycles. The van der Waals surface area contributed by atoms with E-state index in [0.717, 1.165) is 72.7 Å². The number of fused-ring (bicyclic) bond motifs is 7. The van der Waals surface area contributed by atoms with Crippen LogP contribution < -0.4 is 39.9 Å². The number of hydrogen-bond acceptors (Lipinski definition) is 14. The number of ether oxygens (including phenoxy) is 7. The number of phenolic OH excluding ortho intramolecular Hbond substituents is 1. The summed E-state index contributed by atoms with van der Waals surface area (Å²) in [7, 11) is 11.8. The zero-order valence-corrected chi connectivity index (χ0v) is 86.4. The minimum Gasteiger partial charge on any atom is -0.508 e. The van der Waals surface area contributed by atoms with E-state index in [1.165, 1.54) is 141 Å². The van der Waals surface area contributed by atoms with Crippen molar-refractivity contribution in [3.8, 4) is 58.1 Å². The maximum Gasteiger partial charge on any atom is 0.238 e. The predicted molar refractivity (Wildman–Crippen MR) is 616 cm³/mol. The third-order valence-electron chi connectivity index (χ3n) is 25.3. The molecule has 21 nitrogen and oxygen atoms in total. The second-order valence-corrected chi connectivity index (χ2v) is 38.4. The van der Waals surface area contributed by atoms with Crippen molar-refractivity contribution in [3.05, 3.63) is 333 Å². The van der Waals surface area contributed by atoms with E-state index >= 15 is 0 Å². The number of aromatic amines is 2. The average Bonchev–Trinajstić information content (AvgIpc) is 1.57. The highest BCUT2D eigenvalue weighted by atomic mass is 16.5. The van der Waals surface area contributed by atoms with Crippen LogP contribution in [0, 0.1) is 64.2 Å². The van der Waals surface area contributed by atoms with Crippen molar-refractivity contribution in [2.45, 2.75) is 244 Å². The number of phenols is 1. The van der Waals surface area contributed by atoms with Crippen molar-refractivity contribution in [3.63, 3.8) is 0 Å². The second kappa shape index (κ2) is 53.9. The number of aromatic nitrogens is 9. The lowest BCUT2D eigenvalue weighted by molar-refractivity contribution is 0.302. The van der Waals surface area contributed by atoms with Gasteiger partial charge in [-0.1, -0.05) is 232 Å². The summed E-state index contributed by atoms with van der Waals surface area (Å²) in [6.45, 7) is 44.6. The van der Waals surface area contributed by atoms with Crippen molar-refractivity contribution < 1.29 is 38.3 Å². The first-order valence-corrected chi connectivity index (χ1v) is 48.1. The molecule has 146 heavy (non-hydrogen) atoms. The molecule has 8 heterocycles. The zero-order chi connectivity index (χ0) is 101. The van der Waals surface area contributed by atoms with Gasteiger partial charge >= 0.3 is 0 Å². The third-order valence-corrected chi connectivity index (χ3v) is 25.3. The lowest BCUT2D eigenvalue weighted by Gasteiger charge is -2.15. The molecule has 0 aliphatic heterocycles. The molecular formula is C125H163N13O8. The minimum absolute atomic E-state index is 0. The molecule has 8 aromatic heterocycles. The number of hydrogen-bond donors (Lipinski definition) is 5. The summed E-state index contributed by atoms with van der Waals surface area (Å²) < 4.78 is 51.1. The van der Waals surface area contributed by atoms with E-state index in [-0.39, 0.29) is 68.7 Å². The summed E-state index contributed by atoms with van der Waals surface area (Å²) in [6, 6.07) is 66.7. The van der Waals surface area contributed by atoms with Crippen LogP contribution in [0.25, 0.3) is 76.3 Å².